The van der Waals surface area contributed by atoms with Gasteiger partial charge in [0.1, 0.15) is 0 Å². The van der Waals surface area contributed by atoms with Crippen LogP contribution in [0, 0.1) is 0 Å². The molecule has 19 heavy (non-hydrogen) atoms. The van der Waals surface area contributed by atoms with Crippen LogP contribution >= 0.6 is 11.6 Å². The number of nitrogens with one attached hydrogen (secondary N) is 1. The molecular weight excluding hydrogens is 270 g/mol. The first-order chi connectivity index (χ1) is 8.90. The SMILES string of the molecule is CC(NC(=O)C=CC(=O)O)C(O)c1cccc(Cl)c1. The van der Waals surface area contributed by atoms with Gasteiger partial charge >= 0.3 is 5.97 Å². The quantitative estimate of drug-likeness (QED) is 0.715. The first kappa shape index (κ1) is 15.2. The Balaban J connectivity index is 2.65. The van der Waals surface area contributed by atoms with Crippen LogP contribution in [-0.4, -0.2) is 28.1 Å². The monoisotopic (exact) mass is 283 g/mol. The molecule has 0 fully saturated rings. The number of amides is 1. The number of rotatable bonds is 5. The molecule has 1 rings (SSSR count). The molecule has 2 atom stereocenters. The van der Waals surface area contributed by atoms with Crippen LogP contribution in [0.15, 0.2) is 36.4 Å². The Morgan fingerprint density at radius 3 is 2.63 bits per heavy atom. The van der Waals surface area contributed by atoms with Gasteiger partial charge in [-0.2, -0.15) is 0 Å². The molecule has 6 heteroatoms. The maximum Gasteiger partial charge on any atom is 0.328 e. The van der Waals surface area contributed by atoms with Gasteiger partial charge in [-0.15, -0.1) is 0 Å². The zero-order chi connectivity index (χ0) is 14.4. The van der Waals surface area contributed by atoms with E-state index in [0.29, 0.717) is 10.6 Å². The second-order valence-corrected chi connectivity index (χ2v) is 4.41. The molecule has 1 aromatic carbocycles. The van der Waals surface area contributed by atoms with Gasteiger partial charge in [-0.1, -0.05) is 23.7 Å². The van der Waals surface area contributed by atoms with Crippen LogP contribution in [0.1, 0.15) is 18.6 Å². The number of benzene rings is 1. The summed E-state index contributed by atoms with van der Waals surface area (Å²) in [4.78, 5) is 21.6. The lowest BCUT2D eigenvalue weighted by atomic mass is 10.0. The van der Waals surface area contributed by atoms with Crippen LogP contribution in [0.25, 0.3) is 0 Å². The van der Waals surface area contributed by atoms with E-state index in [9.17, 15) is 14.7 Å². The lowest BCUT2D eigenvalue weighted by Gasteiger charge is -2.20. The highest BCUT2D eigenvalue weighted by Gasteiger charge is 2.17. The van der Waals surface area contributed by atoms with Gasteiger partial charge in [0.05, 0.1) is 12.1 Å². The molecular formula is C13H14ClNO4. The van der Waals surface area contributed by atoms with E-state index in [1.165, 1.54) is 0 Å². The third kappa shape index (κ3) is 5.11. The average molecular weight is 284 g/mol. The van der Waals surface area contributed by atoms with Crippen molar-refractivity contribution in [1.82, 2.24) is 5.32 Å². The van der Waals surface area contributed by atoms with E-state index in [0.717, 1.165) is 12.2 Å². The van der Waals surface area contributed by atoms with Gasteiger partial charge in [0.25, 0.3) is 0 Å². The summed E-state index contributed by atoms with van der Waals surface area (Å²) in [5.41, 5.74) is 0.572. The first-order valence-corrected chi connectivity index (χ1v) is 5.93. The number of aliphatic carboxylic acids is 1. The Bertz CT molecular complexity index is 501. The number of hydrogen-bond acceptors (Lipinski definition) is 3. The van der Waals surface area contributed by atoms with Gasteiger partial charge < -0.3 is 15.5 Å². The largest absolute Gasteiger partial charge is 0.478 e. The van der Waals surface area contributed by atoms with Crippen molar-refractivity contribution in [1.29, 1.82) is 0 Å². The maximum absolute atomic E-state index is 11.4. The molecule has 0 bridgehead atoms. The first-order valence-electron chi connectivity index (χ1n) is 5.55. The van der Waals surface area contributed by atoms with Crippen LogP contribution < -0.4 is 5.32 Å². The second-order valence-electron chi connectivity index (χ2n) is 3.97. The van der Waals surface area contributed by atoms with Crippen molar-refractivity contribution in [3.63, 3.8) is 0 Å². The normalized spacial score (nSPS) is 14.1. The summed E-state index contributed by atoms with van der Waals surface area (Å²) in [5.74, 6) is -1.80. The van der Waals surface area contributed by atoms with E-state index in [1.807, 2.05) is 0 Å². The van der Waals surface area contributed by atoms with Crippen LogP contribution in [0.5, 0.6) is 0 Å². The fourth-order valence-electron chi connectivity index (χ4n) is 1.48. The predicted octanol–water partition coefficient (Wildman–Crippen LogP) is 1.52. The van der Waals surface area contributed by atoms with Gasteiger partial charge in [-0.05, 0) is 24.6 Å². The van der Waals surface area contributed by atoms with Crippen LogP contribution in [-0.2, 0) is 9.59 Å². The molecule has 1 aromatic rings. The van der Waals surface area contributed by atoms with Crippen molar-refractivity contribution >= 4 is 23.5 Å². The molecule has 102 valence electrons. The van der Waals surface area contributed by atoms with E-state index in [-0.39, 0.29) is 0 Å². The van der Waals surface area contributed by atoms with E-state index in [4.69, 9.17) is 16.7 Å². The molecule has 0 aliphatic heterocycles. The number of carboxylic acid groups (broad SMARTS) is 1. The van der Waals surface area contributed by atoms with Crippen molar-refractivity contribution in [2.45, 2.75) is 19.1 Å². The fourth-order valence-corrected chi connectivity index (χ4v) is 1.68. The van der Waals surface area contributed by atoms with E-state index in [1.54, 1.807) is 31.2 Å². The van der Waals surface area contributed by atoms with Gasteiger partial charge in [0, 0.05) is 17.2 Å². The topological polar surface area (TPSA) is 86.6 Å². The molecule has 0 radical (unpaired) electrons. The van der Waals surface area contributed by atoms with E-state index in [2.05, 4.69) is 5.32 Å². The summed E-state index contributed by atoms with van der Waals surface area (Å²) in [6, 6.07) is 6.08. The number of hydrogen-bond donors (Lipinski definition) is 3. The summed E-state index contributed by atoms with van der Waals surface area (Å²) < 4.78 is 0. The Labute approximate surface area is 115 Å². The predicted molar refractivity (Wildman–Crippen MR) is 70.8 cm³/mol. The Morgan fingerprint density at radius 2 is 2.05 bits per heavy atom. The molecule has 1 amide bonds. The van der Waals surface area contributed by atoms with Gasteiger partial charge in [-0.25, -0.2) is 4.79 Å². The lowest BCUT2D eigenvalue weighted by Crippen LogP contribution is -2.36. The van der Waals surface area contributed by atoms with Gasteiger partial charge in [0.15, 0.2) is 0 Å². The molecule has 3 N–H and O–H groups in total. The summed E-state index contributed by atoms with van der Waals surface area (Å²) in [6.45, 7) is 1.61. The van der Waals surface area contributed by atoms with Crippen LogP contribution in [0.2, 0.25) is 5.02 Å². The number of carboxylic acids is 1. The maximum atomic E-state index is 11.4. The van der Waals surface area contributed by atoms with Crippen LogP contribution in [0.4, 0.5) is 0 Å². The summed E-state index contributed by atoms with van der Waals surface area (Å²) in [5, 5.41) is 21.4. The van der Waals surface area contributed by atoms with E-state index >= 15 is 0 Å². The van der Waals surface area contributed by atoms with Crippen molar-refractivity contribution in [2.75, 3.05) is 0 Å². The third-order valence-corrected chi connectivity index (χ3v) is 2.65. The van der Waals surface area contributed by atoms with Crippen molar-refractivity contribution < 1.29 is 19.8 Å². The number of carbonyl (C=O) groups is 2. The number of aliphatic hydroxyl groups excluding tert-OH is 1. The fraction of sp³-hybridized carbons (Fsp3) is 0.231. The minimum atomic E-state index is -1.21. The summed E-state index contributed by atoms with van der Waals surface area (Å²) in [7, 11) is 0. The molecule has 0 heterocycles. The molecule has 0 spiro atoms. The molecule has 0 aromatic heterocycles. The zero-order valence-corrected chi connectivity index (χ0v) is 11.0. The Morgan fingerprint density at radius 1 is 1.37 bits per heavy atom. The minimum Gasteiger partial charge on any atom is -0.478 e. The molecule has 5 nitrogen and oxygen atoms in total. The molecule has 0 saturated carbocycles. The van der Waals surface area contributed by atoms with Crippen molar-refractivity contribution in [2.24, 2.45) is 0 Å². The summed E-state index contributed by atoms with van der Waals surface area (Å²) >= 11 is 5.81. The molecule has 0 saturated heterocycles. The molecule has 0 aliphatic rings. The molecule has 2 unspecified atom stereocenters. The highest BCUT2D eigenvalue weighted by atomic mass is 35.5. The second kappa shape index (κ2) is 6.92. The summed E-state index contributed by atoms with van der Waals surface area (Å²) in [6.07, 6.45) is 0.693. The average Bonchev–Trinajstić information content (AvgIpc) is 2.35. The standard InChI is InChI=1S/C13H14ClNO4/c1-8(15-11(16)5-6-12(17)18)13(19)9-3-2-4-10(14)7-9/h2-8,13,19H,1H3,(H,15,16)(H,17,18). The molecule has 0 aliphatic carbocycles. The lowest BCUT2D eigenvalue weighted by molar-refractivity contribution is -0.131. The van der Waals surface area contributed by atoms with Gasteiger partial charge in [0.2, 0.25) is 5.91 Å². The number of aliphatic hydroxyl groups is 1. The third-order valence-electron chi connectivity index (χ3n) is 2.41. The zero-order valence-electron chi connectivity index (χ0n) is 10.2. The Hall–Kier alpha value is -1.85. The smallest absolute Gasteiger partial charge is 0.328 e. The Kier molecular flexibility index (Phi) is 5.54. The van der Waals surface area contributed by atoms with Gasteiger partial charge in [-0.3, -0.25) is 4.79 Å². The van der Waals surface area contributed by atoms with Crippen molar-refractivity contribution in [3.05, 3.63) is 47.0 Å². The highest BCUT2D eigenvalue weighted by molar-refractivity contribution is 6.30. The van der Waals surface area contributed by atoms with Crippen molar-refractivity contribution in [3.8, 4) is 0 Å². The highest BCUT2D eigenvalue weighted by Crippen LogP contribution is 2.20. The van der Waals surface area contributed by atoms with E-state index < -0.39 is 24.0 Å². The minimum absolute atomic E-state index is 0.487. The van der Waals surface area contributed by atoms with Crippen LogP contribution in [0.3, 0.4) is 0 Å². The number of halogens is 1. The number of carbonyl (C=O) groups excluding carboxylic acids is 1.